The van der Waals surface area contributed by atoms with Crippen LogP contribution in [0, 0.1) is 0 Å². The third kappa shape index (κ3) is 17.1. The van der Waals surface area contributed by atoms with E-state index in [9.17, 15) is 24.0 Å². The first-order valence-electron chi connectivity index (χ1n) is 11.9. The van der Waals surface area contributed by atoms with Crippen LogP contribution in [0.25, 0.3) is 0 Å². The molecule has 1 aromatic carbocycles. The van der Waals surface area contributed by atoms with Gasteiger partial charge in [-0.3, -0.25) is 19.2 Å². The lowest BCUT2D eigenvalue weighted by Gasteiger charge is -2.19. The first-order chi connectivity index (χ1) is 18.0. The molecule has 0 heterocycles. The predicted molar refractivity (Wildman–Crippen MR) is 140 cm³/mol. The molecule has 0 saturated carbocycles. The van der Waals surface area contributed by atoms with E-state index in [-0.39, 0.29) is 69.9 Å². The maximum Gasteiger partial charge on any atom is 0.332 e. The summed E-state index contributed by atoms with van der Waals surface area (Å²) in [6.45, 7) is 4.60. The van der Waals surface area contributed by atoms with Crippen molar-refractivity contribution in [2.24, 2.45) is 0 Å². The van der Waals surface area contributed by atoms with Gasteiger partial charge in [0.25, 0.3) is 0 Å². The van der Waals surface area contributed by atoms with Gasteiger partial charge in [0.1, 0.15) is 25.4 Å². The molecular weight excluding hydrogens is 518 g/mol. The number of thiocarbonyl (C=S) groups is 1. The number of amides is 2. The molecule has 0 atom stereocenters. The van der Waals surface area contributed by atoms with E-state index in [1.807, 2.05) is 0 Å². The number of nitrogens with one attached hydrogen (secondary N) is 3. The molecule has 0 aliphatic rings. The van der Waals surface area contributed by atoms with Crippen LogP contribution in [0.1, 0.15) is 37.6 Å². The van der Waals surface area contributed by atoms with Crippen LogP contribution in [0.2, 0.25) is 0 Å². The standard InChI is InChI=1S/C25H35N3O9S/c1-25(2,3)37-24(33)17-35-10-9-34-11-12-36-23(32)16-27-20(30)14-26-21(31)15-28-22(38)13-19(29)18-7-5-4-6-8-18/h4-8H,9-17H2,1-3H3,(H,26,31)(H,27,30)(H,28,38). The minimum atomic E-state index is -0.676. The van der Waals surface area contributed by atoms with Gasteiger partial charge in [-0.05, 0) is 20.8 Å². The lowest BCUT2D eigenvalue weighted by Crippen LogP contribution is -2.43. The Kier molecular flexibility index (Phi) is 15.4. The molecule has 0 unspecified atom stereocenters. The van der Waals surface area contributed by atoms with Crippen LogP contribution in [0.4, 0.5) is 0 Å². The molecule has 0 radical (unpaired) electrons. The highest BCUT2D eigenvalue weighted by Crippen LogP contribution is 2.06. The molecular formula is C25H35N3O9S. The molecule has 0 fully saturated rings. The maximum atomic E-state index is 12.1. The Labute approximate surface area is 227 Å². The van der Waals surface area contributed by atoms with Crippen molar-refractivity contribution in [3.8, 4) is 0 Å². The minimum absolute atomic E-state index is 0.0319. The van der Waals surface area contributed by atoms with E-state index < -0.39 is 29.4 Å². The van der Waals surface area contributed by atoms with Crippen molar-refractivity contribution in [2.75, 3.05) is 52.7 Å². The van der Waals surface area contributed by atoms with Crippen LogP contribution in [0.5, 0.6) is 0 Å². The van der Waals surface area contributed by atoms with Crippen molar-refractivity contribution in [3.63, 3.8) is 0 Å². The second-order valence-electron chi connectivity index (χ2n) is 8.77. The predicted octanol–water partition coefficient (Wildman–Crippen LogP) is 0.327. The molecule has 1 rings (SSSR count). The first kappa shape index (κ1) is 32.6. The van der Waals surface area contributed by atoms with Gasteiger partial charge < -0.3 is 34.9 Å². The number of rotatable bonds is 17. The SMILES string of the molecule is CC(C)(C)OC(=O)COCCOCCOC(=O)CNC(=O)CNC(=O)CNC(=S)CC(=O)c1ccccc1. The fraction of sp³-hybridized carbons (Fsp3) is 0.520. The highest BCUT2D eigenvalue weighted by molar-refractivity contribution is 7.80. The number of ether oxygens (including phenoxy) is 4. The average molecular weight is 554 g/mol. The Balaban J connectivity index is 2.03. The summed E-state index contributed by atoms with van der Waals surface area (Å²) in [4.78, 5) is 59.1. The van der Waals surface area contributed by atoms with E-state index in [1.165, 1.54) is 0 Å². The monoisotopic (exact) mass is 553 g/mol. The molecule has 0 aliphatic heterocycles. The van der Waals surface area contributed by atoms with E-state index in [1.54, 1.807) is 51.1 Å². The summed E-state index contributed by atoms with van der Waals surface area (Å²) < 4.78 is 20.3. The summed E-state index contributed by atoms with van der Waals surface area (Å²) in [6, 6.07) is 8.63. The van der Waals surface area contributed by atoms with Crippen LogP contribution in [0.3, 0.4) is 0 Å². The Morgan fingerprint density at radius 3 is 2.00 bits per heavy atom. The normalized spacial score (nSPS) is 10.7. The van der Waals surface area contributed by atoms with Crippen LogP contribution < -0.4 is 16.0 Å². The van der Waals surface area contributed by atoms with Gasteiger partial charge in [-0.25, -0.2) is 4.79 Å². The molecule has 1 aromatic rings. The summed E-state index contributed by atoms with van der Waals surface area (Å²) in [5.41, 5.74) is -0.0577. The van der Waals surface area contributed by atoms with Crippen LogP contribution in [0.15, 0.2) is 30.3 Å². The van der Waals surface area contributed by atoms with Gasteiger partial charge in [0.05, 0.1) is 44.3 Å². The summed E-state index contributed by atoms with van der Waals surface area (Å²) in [6.07, 6.45) is -0.0395. The molecule has 0 saturated heterocycles. The number of hydrogen-bond donors (Lipinski definition) is 3. The fourth-order valence-electron chi connectivity index (χ4n) is 2.60. The van der Waals surface area contributed by atoms with E-state index in [0.29, 0.717) is 5.56 Å². The fourth-order valence-corrected chi connectivity index (χ4v) is 2.80. The number of ketones is 1. The van der Waals surface area contributed by atoms with Gasteiger partial charge >= 0.3 is 11.9 Å². The molecule has 0 bridgehead atoms. The average Bonchev–Trinajstić information content (AvgIpc) is 2.85. The highest BCUT2D eigenvalue weighted by Gasteiger charge is 2.16. The van der Waals surface area contributed by atoms with E-state index >= 15 is 0 Å². The number of carbonyl (C=O) groups is 5. The molecule has 0 spiro atoms. The molecule has 0 aromatic heterocycles. The molecule has 0 aliphatic carbocycles. The first-order valence-corrected chi connectivity index (χ1v) is 12.3. The molecule has 210 valence electrons. The largest absolute Gasteiger partial charge is 0.462 e. The molecule has 12 nitrogen and oxygen atoms in total. The van der Waals surface area contributed by atoms with Gasteiger partial charge in [-0.2, -0.15) is 0 Å². The van der Waals surface area contributed by atoms with Gasteiger partial charge in [-0.15, -0.1) is 0 Å². The third-order valence-corrected chi connectivity index (χ3v) is 4.53. The number of Topliss-reactive ketones (excluding diaryl/α,β-unsaturated/α-hetero) is 1. The van der Waals surface area contributed by atoms with Gasteiger partial charge in [0.15, 0.2) is 5.78 Å². The zero-order valence-electron chi connectivity index (χ0n) is 21.8. The molecule has 38 heavy (non-hydrogen) atoms. The summed E-state index contributed by atoms with van der Waals surface area (Å²) in [7, 11) is 0. The number of hydrogen-bond acceptors (Lipinski definition) is 10. The Hall–Kier alpha value is -3.42. The van der Waals surface area contributed by atoms with E-state index in [0.717, 1.165) is 0 Å². The lowest BCUT2D eigenvalue weighted by atomic mass is 10.1. The number of benzene rings is 1. The summed E-state index contributed by atoms with van der Waals surface area (Å²) >= 11 is 5.07. The summed E-state index contributed by atoms with van der Waals surface area (Å²) in [5, 5.41) is 7.36. The minimum Gasteiger partial charge on any atom is -0.462 e. The van der Waals surface area contributed by atoms with E-state index in [2.05, 4.69) is 16.0 Å². The van der Waals surface area contributed by atoms with Crippen molar-refractivity contribution in [1.82, 2.24) is 16.0 Å². The third-order valence-electron chi connectivity index (χ3n) is 4.24. The second-order valence-corrected chi connectivity index (χ2v) is 9.26. The maximum absolute atomic E-state index is 12.1. The van der Waals surface area contributed by atoms with Gasteiger partial charge in [0.2, 0.25) is 11.8 Å². The van der Waals surface area contributed by atoms with Gasteiger partial charge in [-0.1, -0.05) is 42.5 Å². The topological polar surface area (TPSA) is 158 Å². The van der Waals surface area contributed by atoms with Crippen LogP contribution in [-0.4, -0.2) is 92.8 Å². The van der Waals surface area contributed by atoms with Crippen LogP contribution in [-0.2, 0) is 38.1 Å². The molecule has 13 heteroatoms. The van der Waals surface area contributed by atoms with Crippen molar-refractivity contribution >= 4 is 46.7 Å². The highest BCUT2D eigenvalue weighted by atomic mass is 32.1. The van der Waals surface area contributed by atoms with Crippen molar-refractivity contribution in [3.05, 3.63) is 35.9 Å². The van der Waals surface area contributed by atoms with Crippen molar-refractivity contribution < 1.29 is 42.9 Å². The quantitative estimate of drug-likeness (QED) is 0.106. The summed E-state index contributed by atoms with van der Waals surface area (Å²) in [5.74, 6) is -2.42. The van der Waals surface area contributed by atoms with Crippen molar-refractivity contribution in [2.45, 2.75) is 32.8 Å². The Morgan fingerprint density at radius 2 is 1.34 bits per heavy atom. The van der Waals surface area contributed by atoms with Gasteiger partial charge in [0, 0.05) is 5.56 Å². The zero-order chi connectivity index (χ0) is 28.4. The molecule has 3 N–H and O–H groups in total. The lowest BCUT2D eigenvalue weighted by molar-refractivity contribution is -0.161. The zero-order valence-corrected chi connectivity index (χ0v) is 22.6. The smallest absolute Gasteiger partial charge is 0.332 e. The molecule has 2 amide bonds. The van der Waals surface area contributed by atoms with E-state index in [4.69, 9.17) is 31.2 Å². The Bertz CT molecular complexity index is 949. The second kappa shape index (κ2) is 17.9. The number of esters is 2. The van der Waals surface area contributed by atoms with Crippen LogP contribution >= 0.6 is 12.2 Å². The van der Waals surface area contributed by atoms with Crippen molar-refractivity contribution in [1.29, 1.82) is 0 Å². The Morgan fingerprint density at radius 1 is 0.763 bits per heavy atom. The number of carbonyl (C=O) groups excluding carboxylic acids is 5.